The molecule has 38 atom stereocenters. The Labute approximate surface area is 771 Å². The SMILES string of the molecule is CCC1O[C@@H](OC2[C@H](O[C@H]3CCC4(C)C5CC=C6C7CC(C)(C)CC[C@]7(C(=O)N[C@H]7OC(COCc8ccccc8)[C@H](N)C(C)C7O[C@@H]7OC(C)[C@H](O[C@@H]8OC[C@@H](OCc9ccccc9)C(OCc9ccccc9)C8C)C8OC(C)(C)OC87)C(OC)C[C@@]6(C)[C@@]5(C)CC[C@H]4[C@@]3(C)C=O)OC(C(C)=O)[C@@H](C)[C@@H]2O[C@@H]2OC[C@@H](C)[C@@H](C)C2C)C(O[Si](CC)(CC)CC)[C@@H](C)[C@@H]1C. The van der Waals surface area contributed by atoms with Crippen LogP contribution in [0.2, 0.25) is 18.1 Å². The standard InChI is InChI=1S/C105H160N2O21Si/c1-24-75-62(7)63(8)87(128-129(25-2,26-3)27-4)95(119-75)125-90-85(122-93-64(9)61(6)60(5)53-115-93)66(11)83(68(13)109)121-96(90)120-80-46-47-101(19)78(102(80,20)59-108)45-48-103(21)79(101)44-43-73-74-51-99(15,16)49-50-105(74,81(111-23)52-104(73,103)22)98(110)107-92-86(65(10)82(106)76(118-92)57-112-54-70-37-31-28-32-38-70)123-97-91-89(126-100(17,18)127-91)88(69(14)117-97)124-94-67(12)84(114-56-72-41-35-30-36-42-72)77(58-116-94)113-55-71-39-33-29-34-40-71/h28-43,59-67,69,74-97H,24-27,44-58,106H2,1-23H3,(H,107,110)/t60-,61-,62+,63+,64?,65?,66-,67?,69?,74?,75?,76?,77-,78-,79?,80+,81?,82-,83?,84?,85+,86?,87?,88+,89?,90?,91?,92+,93+,94+,95+,96-,97+,101?,102-,103+,104-,105-/m1/s1. The van der Waals surface area contributed by atoms with Gasteiger partial charge in [-0.25, -0.2) is 0 Å². The Balaban J connectivity index is 0.709. The van der Waals surface area contributed by atoms with Gasteiger partial charge in [0.1, 0.15) is 49.0 Å². The van der Waals surface area contributed by atoms with Crippen LogP contribution in [-0.2, 0) is 119 Å². The second-order valence-corrected chi connectivity index (χ2v) is 48.7. The molecule has 17 unspecified atom stereocenters. The number of ketones is 1. The monoisotopic (exact) mass is 1810 g/mol. The largest absolute Gasteiger partial charge is 0.408 e. The summed E-state index contributed by atoms with van der Waals surface area (Å²) in [5.41, 5.74) is 8.49. The molecule has 3 N–H and O–H groups in total. The number of fused-ring (bicyclic) bond motifs is 8. The first kappa shape index (κ1) is 99.2. The van der Waals surface area contributed by atoms with Gasteiger partial charge in [-0.15, -0.1) is 0 Å². The molecule has 0 aromatic heterocycles. The van der Waals surface area contributed by atoms with Crippen molar-refractivity contribution in [2.45, 2.75) is 396 Å². The molecule has 12 aliphatic rings. The van der Waals surface area contributed by atoms with Gasteiger partial charge in [-0.3, -0.25) is 9.59 Å². The van der Waals surface area contributed by atoms with Gasteiger partial charge in [0.25, 0.3) is 0 Å². The third kappa shape index (κ3) is 19.1. The van der Waals surface area contributed by atoms with Crippen molar-refractivity contribution in [3.63, 3.8) is 0 Å². The van der Waals surface area contributed by atoms with Gasteiger partial charge in [-0.05, 0) is 190 Å². The lowest BCUT2D eigenvalue weighted by Gasteiger charge is -2.72. The topological polar surface area (TPSA) is 255 Å². The number of hydrogen-bond donors (Lipinski definition) is 2. The van der Waals surface area contributed by atoms with Crippen LogP contribution in [0.4, 0.5) is 0 Å². The van der Waals surface area contributed by atoms with Gasteiger partial charge in [-0.2, -0.15) is 0 Å². The Morgan fingerprint density at radius 2 is 1.16 bits per heavy atom. The summed E-state index contributed by atoms with van der Waals surface area (Å²) in [4.78, 5) is 46.3. The summed E-state index contributed by atoms with van der Waals surface area (Å²) < 4.78 is 128. The van der Waals surface area contributed by atoms with Crippen LogP contribution in [0.5, 0.6) is 0 Å². The molecule has 7 saturated heterocycles. The number of hydrogen-bond acceptors (Lipinski definition) is 22. The van der Waals surface area contributed by atoms with Gasteiger partial charge < -0.3 is 101 Å². The number of nitrogens with two attached hydrogens (primary N) is 1. The van der Waals surface area contributed by atoms with E-state index in [4.69, 9.17) is 90.7 Å². The van der Waals surface area contributed by atoms with Gasteiger partial charge >= 0.3 is 0 Å². The predicted octanol–water partition coefficient (Wildman–Crippen LogP) is 18.0. The quantitative estimate of drug-likeness (QED) is 0.0263. The van der Waals surface area contributed by atoms with E-state index < -0.39 is 171 Å². The zero-order valence-electron chi connectivity index (χ0n) is 82.0. The molecule has 7 aliphatic heterocycles. The van der Waals surface area contributed by atoms with Crippen LogP contribution in [0.1, 0.15) is 233 Å². The first-order valence-electron chi connectivity index (χ1n) is 49.7. The fourth-order valence-corrected chi connectivity index (χ4v) is 29.5. The molecule has 3 aromatic rings. The number of nitrogens with one attached hydrogen (secondary N) is 1. The summed E-state index contributed by atoms with van der Waals surface area (Å²) in [7, 11) is -0.468. The molecule has 1 amide bonds. The van der Waals surface area contributed by atoms with Crippen molar-refractivity contribution in [1.29, 1.82) is 0 Å². The summed E-state index contributed by atoms with van der Waals surface area (Å²) >= 11 is 0. The number of benzene rings is 3. The molecule has 129 heavy (non-hydrogen) atoms. The average molecular weight is 1810 g/mol. The third-order valence-electron chi connectivity index (χ3n) is 35.7. The van der Waals surface area contributed by atoms with Gasteiger partial charge in [0.05, 0.1) is 99.3 Å². The van der Waals surface area contributed by atoms with Crippen molar-refractivity contribution in [3.8, 4) is 0 Å². The summed E-state index contributed by atoms with van der Waals surface area (Å²) in [6, 6.07) is 32.6. The lowest BCUT2D eigenvalue weighted by atomic mass is 9.33. The highest BCUT2D eigenvalue weighted by Crippen LogP contribution is 2.76. The molecule has 11 fully saturated rings. The molecule has 0 radical (unpaired) electrons. The molecule has 4 saturated carbocycles. The smallest absolute Gasteiger partial charge is 0.231 e. The first-order valence-corrected chi connectivity index (χ1v) is 52.3. The summed E-state index contributed by atoms with van der Waals surface area (Å²) in [5.74, 6) is -1.93. The molecule has 3 aromatic carbocycles. The fraction of sp³-hybridized carbons (Fsp3) is 0.781. The second-order valence-electron chi connectivity index (χ2n) is 44.0. The van der Waals surface area contributed by atoms with Crippen LogP contribution < -0.4 is 11.1 Å². The van der Waals surface area contributed by atoms with E-state index in [-0.39, 0.29) is 88.7 Å². The number of amides is 1. The van der Waals surface area contributed by atoms with Crippen LogP contribution in [0.25, 0.3) is 0 Å². The van der Waals surface area contributed by atoms with Gasteiger partial charge in [0.15, 0.2) is 57.6 Å². The number of ether oxygens (including phenoxy) is 17. The van der Waals surface area contributed by atoms with E-state index in [1.165, 1.54) is 11.9 Å². The van der Waals surface area contributed by atoms with E-state index in [0.29, 0.717) is 57.5 Å². The van der Waals surface area contributed by atoms with E-state index in [1.807, 2.05) is 94.4 Å². The van der Waals surface area contributed by atoms with Crippen molar-refractivity contribution < 1.29 is 99.3 Å². The van der Waals surface area contributed by atoms with Crippen LogP contribution in [-0.4, -0.2) is 194 Å². The number of allylic oxidation sites excluding steroid dienone is 2. The van der Waals surface area contributed by atoms with Crippen LogP contribution >= 0.6 is 0 Å². The highest BCUT2D eigenvalue weighted by atomic mass is 28.4. The zero-order chi connectivity index (χ0) is 92.4. The fourth-order valence-electron chi connectivity index (χ4n) is 26.6. The Bertz CT molecular complexity index is 4230. The molecule has 720 valence electrons. The second kappa shape index (κ2) is 40.0. The van der Waals surface area contributed by atoms with E-state index in [9.17, 15) is 9.59 Å². The normalized spacial score (nSPS) is 44.9. The predicted molar refractivity (Wildman–Crippen MR) is 492 cm³/mol. The number of methoxy groups -OCH3 is 1. The Morgan fingerprint density at radius 1 is 0.550 bits per heavy atom. The maximum absolute atomic E-state index is 17.1. The highest BCUT2D eigenvalue weighted by molar-refractivity contribution is 6.73. The maximum Gasteiger partial charge on any atom is 0.231 e. The Kier molecular flexibility index (Phi) is 30.8. The molecular formula is C105H160N2O21Si. The van der Waals surface area contributed by atoms with Crippen LogP contribution in [0.15, 0.2) is 103 Å². The number of carbonyl (C=O) groups is 3. The minimum Gasteiger partial charge on any atom is -0.408 e. The van der Waals surface area contributed by atoms with Crippen molar-refractivity contribution in [2.24, 2.45) is 103 Å². The van der Waals surface area contributed by atoms with Gasteiger partial charge in [-0.1, -0.05) is 227 Å². The van der Waals surface area contributed by atoms with Crippen molar-refractivity contribution in [3.05, 3.63) is 119 Å². The van der Waals surface area contributed by atoms with E-state index >= 15 is 4.79 Å². The van der Waals surface area contributed by atoms with E-state index in [0.717, 1.165) is 79.8 Å². The van der Waals surface area contributed by atoms with Crippen molar-refractivity contribution in [2.75, 3.05) is 26.9 Å². The highest BCUT2D eigenvalue weighted by Gasteiger charge is 2.73. The third-order valence-corrected chi connectivity index (χ3v) is 40.3. The minimum absolute atomic E-state index is 0.0243. The zero-order valence-corrected chi connectivity index (χ0v) is 83.0. The van der Waals surface area contributed by atoms with Crippen molar-refractivity contribution >= 4 is 26.3 Å². The lowest BCUT2D eigenvalue weighted by Crippen LogP contribution is -2.71. The van der Waals surface area contributed by atoms with Crippen LogP contribution in [0.3, 0.4) is 0 Å². The van der Waals surface area contributed by atoms with E-state index in [2.05, 4.69) is 153 Å². The molecular weight excluding hydrogens is 1650 g/mol. The summed E-state index contributed by atoms with van der Waals surface area (Å²) in [5, 5.41) is 3.65. The number of rotatable bonds is 31. The maximum atomic E-state index is 17.1. The van der Waals surface area contributed by atoms with Crippen molar-refractivity contribution in [1.82, 2.24) is 5.32 Å². The molecule has 5 aliphatic carbocycles. The number of carbonyl (C=O) groups excluding carboxylic acids is 3. The Morgan fingerprint density at radius 3 is 1.79 bits per heavy atom. The molecule has 0 bridgehead atoms. The minimum atomic E-state index is -2.27. The summed E-state index contributed by atoms with van der Waals surface area (Å²) in [6.07, 6.45) is -3.99. The molecule has 0 spiro atoms. The van der Waals surface area contributed by atoms with E-state index in [1.54, 1.807) is 14.0 Å². The van der Waals surface area contributed by atoms with Crippen LogP contribution in [0, 0.1) is 97.6 Å². The first-order chi connectivity index (χ1) is 61.4. The molecule has 15 rings (SSSR count). The molecule has 24 heteroatoms. The number of aldehydes is 1. The van der Waals surface area contributed by atoms with Gasteiger partial charge in [0, 0.05) is 36.8 Å². The summed E-state index contributed by atoms with van der Waals surface area (Å²) in [6.45, 7) is 50.0. The molecule has 7 heterocycles. The average Bonchev–Trinajstić information content (AvgIpc) is 0.763. The Hall–Kier alpha value is -4.33. The molecule has 23 nitrogen and oxygen atoms in total. The lowest BCUT2D eigenvalue weighted by molar-refractivity contribution is -0.376. The van der Waals surface area contributed by atoms with Gasteiger partial charge in [0.2, 0.25) is 5.91 Å². The number of Topliss-reactive ketones (excluding diaryl/α,β-unsaturated/α-hetero) is 1.